The van der Waals surface area contributed by atoms with Gasteiger partial charge in [0.1, 0.15) is 5.60 Å². The molecule has 2 saturated heterocycles. The number of benzene rings is 1. The molecule has 168 valence electrons. The summed E-state index contributed by atoms with van der Waals surface area (Å²) in [5.41, 5.74) is 1.61. The zero-order chi connectivity index (χ0) is 22.8. The largest absolute Gasteiger partial charge is 0.463 e. The third-order valence-electron chi connectivity index (χ3n) is 5.19. The van der Waals surface area contributed by atoms with Gasteiger partial charge in [-0.2, -0.15) is 0 Å². The summed E-state index contributed by atoms with van der Waals surface area (Å²) in [5.74, 6) is -0.340. The molecule has 0 unspecified atom stereocenters. The second-order valence-electron chi connectivity index (χ2n) is 8.81. The van der Waals surface area contributed by atoms with Gasteiger partial charge in [-0.15, -0.1) is 0 Å². The van der Waals surface area contributed by atoms with Crippen molar-refractivity contribution < 1.29 is 23.9 Å². The highest BCUT2D eigenvalue weighted by molar-refractivity contribution is 5.95. The van der Waals surface area contributed by atoms with Gasteiger partial charge in [0.2, 0.25) is 0 Å². The van der Waals surface area contributed by atoms with Crippen LogP contribution < -0.4 is 4.90 Å². The lowest BCUT2D eigenvalue weighted by Crippen LogP contribution is -2.54. The van der Waals surface area contributed by atoms with Gasteiger partial charge in [-0.1, -0.05) is 12.1 Å². The number of hydrogen-bond acceptors (Lipinski definition) is 5. The van der Waals surface area contributed by atoms with E-state index >= 15 is 0 Å². The van der Waals surface area contributed by atoms with Crippen LogP contribution in [-0.4, -0.2) is 72.3 Å². The number of amides is 3. The highest BCUT2D eigenvalue weighted by Crippen LogP contribution is 2.27. The van der Waals surface area contributed by atoms with Crippen LogP contribution in [0.5, 0.6) is 0 Å². The van der Waals surface area contributed by atoms with Crippen LogP contribution in [0.15, 0.2) is 29.8 Å². The topological polar surface area (TPSA) is 79.4 Å². The quantitative estimate of drug-likeness (QED) is 0.541. The number of ether oxygens (including phenoxy) is 2. The van der Waals surface area contributed by atoms with Crippen molar-refractivity contribution in [2.24, 2.45) is 0 Å². The summed E-state index contributed by atoms with van der Waals surface area (Å²) in [7, 11) is 0. The number of hydrogen-bond donors (Lipinski definition) is 0. The van der Waals surface area contributed by atoms with Crippen molar-refractivity contribution >= 4 is 29.9 Å². The Morgan fingerprint density at radius 2 is 1.81 bits per heavy atom. The Kier molecular flexibility index (Phi) is 6.57. The van der Waals surface area contributed by atoms with E-state index in [2.05, 4.69) is 0 Å². The Balaban J connectivity index is 1.66. The van der Waals surface area contributed by atoms with E-state index in [9.17, 15) is 14.4 Å². The molecule has 0 bridgehead atoms. The molecule has 8 nitrogen and oxygen atoms in total. The molecule has 0 aromatic heterocycles. The van der Waals surface area contributed by atoms with Crippen LogP contribution in [-0.2, 0) is 14.3 Å². The van der Waals surface area contributed by atoms with Crippen molar-refractivity contribution in [3.05, 3.63) is 35.4 Å². The van der Waals surface area contributed by atoms with Crippen molar-refractivity contribution in [3.63, 3.8) is 0 Å². The summed E-state index contributed by atoms with van der Waals surface area (Å²) in [4.78, 5) is 42.3. The third-order valence-corrected chi connectivity index (χ3v) is 5.19. The maximum Gasteiger partial charge on any atom is 0.410 e. The van der Waals surface area contributed by atoms with Crippen LogP contribution in [0.3, 0.4) is 0 Å². The number of anilines is 1. The molecule has 3 amide bonds. The molecule has 2 fully saturated rings. The van der Waals surface area contributed by atoms with Crippen LogP contribution in [0.4, 0.5) is 15.3 Å². The molecule has 3 rings (SSSR count). The molecule has 2 aliphatic rings. The van der Waals surface area contributed by atoms with Gasteiger partial charge in [0, 0.05) is 37.4 Å². The number of nitrogens with zero attached hydrogens (tertiary/aromatic N) is 3. The van der Waals surface area contributed by atoms with Crippen LogP contribution in [0.1, 0.15) is 40.2 Å². The van der Waals surface area contributed by atoms with E-state index in [1.807, 2.05) is 49.9 Å². The number of piperazine rings is 1. The van der Waals surface area contributed by atoms with E-state index in [1.165, 1.54) is 0 Å². The minimum absolute atomic E-state index is 0.0557. The molecule has 1 atom stereocenters. The predicted octanol–water partition coefficient (Wildman–Crippen LogP) is 3.51. The second-order valence-corrected chi connectivity index (χ2v) is 8.81. The summed E-state index contributed by atoms with van der Waals surface area (Å²) in [6.45, 7) is 11.3. The van der Waals surface area contributed by atoms with Gasteiger partial charge in [0.25, 0.3) is 0 Å². The van der Waals surface area contributed by atoms with Gasteiger partial charge in [0.05, 0.1) is 12.6 Å². The van der Waals surface area contributed by atoms with E-state index < -0.39 is 5.60 Å². The SMILES string of the molecule is CCOC(=O)/C(C)=C/c1ccc(N2C[C@@H]3CN(C(=O)OC(C)(C)C)CCN3C2=O)cc1. The van der Waals surface area contributed by atoms with Crippen molar-refractivity contribution in [2.75, 3.05) is 37.7 Å². The van der Waals surface area contributed by atoms with E-state index in [4.69, 9.17) is 9.47 Å². The van der Waals surface area contributed by atoms with E-state index in [0.717, 1.165) is 11.3 Å². The Labute approximate surface area is 183 Å². The van der Waals surface area contributed by atoms with E-state index in [-0.39, 0.29) is 24.1 Å². The van der Waals surface area contributed by atoms with E-state index in [1.54, 1.807) is 29.7 Å². The summed E-state index contributed by atoms with van der Waals surface area (Å²) in [6, 6.07) is 7.35. The highest BCUT2D eigenvalue weighted by atomic mass is 16.6. The summed E-state index contributed by atoms with van der Waals surface area (Å²) >= 11 is 0. The maximum absolute atomic E-state index is 12.9. The Morgan fingerprint density at radius 1 is 1.13 bits per heavy atom. The number of fused-ring (bicyclic) bond motifs is 1. The van der Waals surface area contributed by atoms with Crippen LogP contribution in [0.25, 0.3) is 6.08 Å². The first-order valence-electron chi connectivity index (χ1n) is 10.6. The first-order valence-corrected chi connectivity index (χ1v) is 10.6. The smallest absolute Gasteiger partial charge is 0.410 e. The van der Waals surface area contributed by atoms with Crippen molar-refractivity contribution in [1.29, 1.82) is 0 Å². The predicted molar refractivity (Wildman–Crippen MR) is 118 cm³/mol. The lowest BCUT2D eigenvalue weighted by molar-refractivity contribution is -0.138. The minimum Gasteiger partial charge on any atom is -0.463 e. The average molecular weight is 430 g/mol. The highest BCUT2D eigenvalue weighted by Gasteiger charge is 2.42. The zero-order valence-electron chi connectivity index (χ0n) is 18.9. The molecule has 0 saturated carbocycles. The summed E-state index contributed by atoms with van der Waals surface area (Å²) in [5, 5.41) is 0. The molecular formula is C23H31N3O5. The number of rotatable bonds is 4. The van der Waals surface area contributed by atoms with Gasteiger partial charge in [-0.3, -0.25) is 4.90 Å². The Morgan fingerprint density at radius 3 is 2.42 bits per heavy atom. The van der Waals surface area contributed by atoms with Gasteiger partial charge in [-0.25, -0.2) is 14.4 Å². The molecular weight excluding hydrogens is 398 g/mol. The fraction of sp³-hybridized carbons (Fsp3) is 0.522. The monoisotopic (exact) mass is 429 g/mol. The first-order chi connectivity index (χ1) is 14.6. The number of esters is 1. The zero-order valence-corrected chi connectivity index (χ0v) is 18.9. The van der Waals surface area contributed by atoms with Gasteiger partial charge < -0.3 is 19.3 Å². The molecule has 0 N–H and O–H groups in total. The average Bonchev–Trinajstić information content (AvgIpc) is 3.03. The lowest BCUT2D eigenvalue weighted by Gasteiger charge is -2.36. The number of carbonyl (C=O) groups is 3. The maximum atomic E-state index is 12.9. The molecule has 1 aromatic rings. The second kappa shape index (κ2) is 8.99. The molecule has 2 heterocycles. The van der Waals surface area contributed by atoms with Crippen molar-refractivity contribution in [2.45, 2.75) is 46.3 Å². The summed E-state index contributed by atoms with van der Waals surface area (Å²) in [6.07, 6.45) is 1.42. The third kappa shape index (κ3) is 5.37. The molecule has 0 spiro atoms. The fourth-order valence-corrected chi connectivity index (χ4v) is 3.72. The van der Waals surface area contributed by atoms with Crippen molar-refractivity contribution in [1.82, 2.24) is 9.80 Å². The molecule has 0 radical (unpaired) electrons. The van der Waals surface area contributed by atoms with Gasteiger partial charge in [-0.05, 0) is 58.4 Å². The Hall–Kier alpha value is -3.03. The standard InChI is InChI=1S/C23H31N3O5/c1-6-30-20(27)16(2)13-17-7-9-18(10-8-17)26-15-19-14-24(11-12-25(19)21(26)28)22(29)31-23(3,4)5/h7-10,13,19H,6,11-12,14-15H2,1-5H3/b16-13+/t19-/m0/s1. The van der Waals surface area contributed by atoms with Crippen LogP contribution in [0, 0.1) is 0 Å². The van der Waals surface area contributed by atoms with Crippen LogP contribution >= 0.6 is 0 Å². The molecule has 1 aromatic carbocycles. The number of urea groups is 1. The normalized spacial score (nSPS) is 19.4. The molecule has 0 aliphatic carbocycles. The molecule has 8 heteroatoms. The molecule has 2 aliphatic heterocycles. The van der Waals surface area contributed by atoms with E-state index in [0.29, 0.717) is 38.4 Å². The summed E-state index contributed by atoms with van der Waals surface area (Å²) < 4.78 is 10.5. The lowest BCUT2D eigenvalue weighted by atomic mass is 10.1. The van der Waals surface area contributed by atoms with Crippen molar-refractivity contribution in [3.8, 4) is 0 Å². The van der Waals surface area contributed by atoms with Crippen LogP contribution in [0.2, 0.25) is 0 Å². The fourth-order valence-electron chi connectivity index (χ4n) is 3.72. The Bertz CT molecular complexity index is 872. The van der Waals surface area contributed by atoms with Gasteiger partial charge in [0.15, 0.2) is 0 Å². The minimum atomic E-state index is -0.548. The first kappa shape index (κ1) is 22.7. The number of carbonyl (C=O) groups excluding carboxylic acids is 3. The van der Waals surface area contributed by atoms with Gasteiger partial charge >= 0.3 is 18.1 Å². The molecule has 31 heavy (non-hydrogen) atoms.